The summed E-state index contributed by atoms with van der Waals surface area (Å²) in [6, 6.07) is 13.0. The van der Waals surface area contributed by atoms with Gasteiger partial charge in [0.05, 0.1) is 11.6 Å². The van der Waals surface area contributed by atoms with E-state index in [1.165, 1.54) is 0 Å². The molecule has 0 aliphatic rings. The fourth-order valence-electron chi connectivity index (χ4n) is 1.48. The third-order valence-corrected chi connectivity index (χ3v) is 2.42. The molecule has 0 aliphatic carbocycles. The number of anilines is 1. The van der Waals surface area contributed by atoms with Crippen LogP contribution in [-0.2, 0) is 0 Å². The molecule has 0 radical (unpaired) electrons. The summed E-state index contributed by atoms with van der Waals surface area (Å²) < 4.78 is 5.62. The lowest BCUT2D eigenvalue weighted by atomic mass is 10.3. The second-order valence-corrected chi connectivity index (χ2v) is 3.99. The van der Waals surface area contributed by atoms with Crippen LogP contribution in [0.15, 0.2) is 42.6 Å². The molecule has 0 unspecified atom stereocenters. The molecule has 1 aromatic carbocycles. The van der Waals surface area contributed by atoms with E-state index >= 15 is 0 Å². The first-order valence-corrected chi connectivity index (χ1v) is 5.50. The highest BCUT2D eigenvalue weighted by Crippen LogP contribution is 2.24. The number of nitrogens with zero attached hydrogens (tertiary/aromatic N) is 3. The van der Waals surface area contributed by atoms with Crippen LogP contribution in [0.3, 0.4) is 0 Å². The van der Waals surface area contributed by atoms with Gasteiger partial charge in [0.25, 0.3) is 0 Å². The van der Waals surface area contributed by atoms with E-state index in [1.54, 1.807) is 18.3 Å². The van der Waals surface area contributed by atoms with Gasteiger partial charge in [-0.3, -0.25) is 0 Å². The van der Waals surface area contributed by atoms with E-state index in [-0.39, 0.29) is 0 Å². The summed E-state index contributed by atoms with van der Waals surface area (Å²) in [5, 5.41) is 8.81. The molecule has 0 amide bonds. The van der Waals surface area contributed by atoms with Crippen molar-refractivity contribution in [2.75, 3.05) is 19.0 Å². The molecule has 4 heteroatoms. The molecule has 0 bridgehead atoms. The number of hydrogen-bond acceptors (Lipinski definition) is 4. The number of benzene rings is 1. The summed E-state index contributed by atoms with van der Waals surface area (Å²) in [5.74, 6) is 1.12. The van der Waals surface area contributed by atoms with Crippen molar-refractivity contribution >= 4 is 5.69 Å². The van der Waals surface area contributed by atoms with Crippen molar-refractivity contribution in [2.24, 2.45) is 0 Å². The quantitative estimate of drug-likeness (QED) is 0.826. The molecule has 4 nitrogen and oxygen atoms in total. The lowest BCUT2D eigenvalue weighted by Crippen LogP contribution is -2.08. The van der Waals surface area contributed by atoms with E-state index in [0.717, 1.165) is 5.69 Å². The normalized spacial score (nSPS) is 9.61. The summed E-state index contributed by atoms with van der Waals surface area (Å²) in [4.78, 5) is 6.06. The fourth-order valence-corrected chi connectivity index (χ4v) is 1.48. The summed E-state index contributed by atoms with van der Waals surface area (Å²) >= 11 is 0. The topological polar surface area (TPSA) is 49.1 Å². The molecule has 90 valence electrons. The van der Waals surface area contributed by atoms with Gasteiger partial charge in [-0.2, -0.15) is 5.26 Å². The van der Waals surface area contributed by atoms with E-state index in [2.05, 4.69) is 11.1 Å². The molecule has 0 N–H and O–H groups in total. The van der Waals surface area contributed by atoms with Crippen LogP contribution in [0.25, 0.3) is 0 Å². The van der Waals surface area contributed by atoms with Gasteiger partial charge in [-0.1, -0.05) is 6.07 Å². The zero-order valence-corrected chi connectivity index (χ0v) is 10.3. The van der Waals surface area contributed by atoms with E-state index < -0.39 is 0 Å². The third kappa shape index (κ3) is 2.77. The predicted octanol–water partition coefficient (Wildman–Crippen LogP) is 2.81. The second kappa shape index (κ2) is 5.19. The maximum Gasteiger partial charge on any atom is 0.220 e. The van der Waals surface area contributed by atoms with Crippen molar-refractivity contribution in [1.29, 1.82) is 5.26 Å². The maximum absolute atomic E-state index is 8.81. The number of pyridine rings is 1. The van der Waals surface area contributed by atoms with E-state index in [9.17, 15) is 0 Å². The van der Waals surface area contributed by atoms with Crippen LogP contribution in [0.2, 0.25) is 0 Å². The highest BCUT2D eigenvalue weighted by molar-refractivity contribution is 5.50. The molecule has 0 aliphatic heterocycles. The lowest BCUT2D eigenvalue weighted by Gasteiger charge is -2.13. The van der Waals surface area contributed by atoms with E-state index in [1.807, 2.05) is 43.3 Å². The summed E-state index contributed by atoms with van der Waals surface area (Å²) in [5.41, 5.74) is 1.58. The van der Waals surface area contributed by atoms with Gasteiger partial charge in [0.2, 0.25) is 5.88 Å². The Labute approximate surface area is 106 Å². The van der Waals surface area contributed by atoms with Gasteiger partial charge in [-0.05, 0) is 18.2 Å². The van der Waals surface area contributed by atoms with Crippen molar-refractivity contribution in [3.8, 4) is 17.7 Å². The first kappa shape index (κ1) is 11.9. The summed E-state index contributed by atoms with van der Waals surface area (Å²) in [6.45, 7) is 0. The zero-order chi connectivity index (χ0) is 13.0. The van der Waals surface area contributed by atoms with Gasteiger partial charge in [0.1, 0.15) is 5.75 Å². The zero-order valence-electron chi connectivity index (χ0n) is 10.3. The van der Waals surface area contributed by atoms with Crippen molar-refractivity contribution in [3.63, 3.8) is 0 Å². The fraction of sp³-hybridized carbons (Fsp3) is 0.143. The summed E-state index contributed by atoms with van der Waals surface area (Å²) in [6.07, 6.45) is 1.56. The molecule has 2 rings (SSSR count). The minimum atomic E-state index is 0.421. The Bertz CT molecular complexity index is 588. The van der Waals surface area contributed by atoms with Crippen molar-refractivity contribution in [3.05, 3.63) is 48.2 Å². The average Bonchev–Trinajstić information content (AvgIpc) is 2.39. The average molecular weight is 239 g/mol. The van der Waals surface area contributed by atoms with Gasteiger partial charge in [-0.15, -0.1) is 0 Å². The Morgan fingerprint density at radius 1 is 1.22 bits per heavy atom. The van der Waals surface area contributed by atoms with Gasteiger partial charge >= 0.3 is 0 Å². The molecular formula is C14H13N3O. The number of ether oxygens (including phenoxy) is 1. The number of hydrogen-bond donors (Lipinski definition) is 0. The van der Waals surface area contributed by atoms with Crippen LogP contribution >= 0.6 is 0 Å². The van der Waals surface area contributed by atoms with Crippen molar-refractivity contribution < 1.29 is 4.74 Å². The molecular weight excluding hydrogens is 226 g/mol. The van der Waals surface area contributed by atoms with Crippen LogP contribution in [0.1, 0.15) is 5.56 Å². The maximum atomic E-state index is 8.81. The molecule has 1 aromatic heterocycles. The van der Waals surface area contributed by atoms with Crippen molar-refractivity contribution in [2.45, 2.75) is 0 Å². The Morgan fingerprint density at radius 3 is 2.78 bits per heavy atom. The first-order chi connectivity index (χ1) is 8.69. The molecule has 0 fully saturated rings. The standard InChI is InChI=1S/C14H13N3O/c1-17(2)12-4-3-5-13(9-12)18-14-8-11(10-15)6-7-16-14/h3-9H,1-2H3. The lowest BCUT2D eigenvalue weighted by molar-refractivity contribution is 0.463. The molecule has 0 saturated carbocycles. The van der Waals surface area contributed by atoms with Crippen LogP contribution in [0, 0.1) is 11.3 Å². The monoisotopic (exact) mass is 239 g/mol. The highest BCUT2D eigenvalue weighted by Gasteiger charge is 2.02. The second-order valence-electron chi connectivity index (χ2n) is 3.99. The molecule has 2 aromatic rings. The summed E-state index contributed by atoms with van der Waals surface area (Å²) in [7, 11) is 3.93. The van der Waals surface area contributed by atoms with Crippen LogP contribution in [0.5, 0.6) is 11.6 Å². The van der Waals surface area contributed by atoms with E-state index in [4.69, 9.17) is 10.00 Å². The molecule has 1 heterocycles. The number of rotatable bonds is 3. The third-order valence-electron chi connectivity index (χ3n) is 2.42. The Kier molecular flexibility index (Phi) is 3.44. The first-order valence-electron chi connectivity index (χ1n) is 5.50. The van der Waals surface area contributed by atoms with Crippen LogP contribution in [-0.4, -0.2) is 19.1 Å². The Morgan fingerprint density at radius 2 is 2.06 bits per heavy atom. The van der Waals surface area contributed by atoms with Crippen LogP contribution in [0.4, 0.5) is 5.69 Å². The minimum absolute atomic E-state index is 0.421. The predicted molar refractivity (Wildman–Crippen MR) is 69.8 cm³/mol. The number of aromatic nitrogens is 1. The Balaban J connectivity index is 2.23. The smallest absolute Gasteiger partial charge is 0.220 e. The molecule has 0 atom stereocenters. The largest absolute Gasteiger partial charge is 0.439 e. The highest BCUT2D eigenvalue weighted by atomic mass is 16.5. The SMILES string of the molecule is CN(C)c1cccc(Oc2cc(C#N)ccn2)c1. The van der Waals surface area contributed by atoms with E-state index in [0.29, 0.717) is 17.2 Å². The van der Waals surface area contributed by atoms with Gasteiger partial charge in [0.15, 0.2) is 0 Å². The molecule has 0 saturated heterocycles. The Hall–Kier alpha value is -2.54. The van der Waals surface area contributed by atoms with Gasteiger partial charge in [-0.25, -0.2) is 4.98 Å². The minimum Gasteiger partial charge on any atom is -0.439 e. The molecule has 0 spiro atoms. The van der Waals surface area contributed by atoms with Gasteiger partial charge < -0.3 is 9.64 Å². The van der Waals surface area contributed by atoms with Crippen LogP contribution < -0.4 is 9.64 Å². The van der Waals surface area contributed by atoms with Crippen molar-refractivity contribution in [1.82, 2.24) is 4.98 Å². The van der Waals surface area contributed by atoms with Gasteiger partial charge in [0, 0.05) is 38.1 Å². The number of nitriles is 1. The molecule has 18 heavy (non-hydrogen) atoms.